The Balaban J connectivity index is 1.49. The molecule has 1 unspecified atom stereocenters. The van der Waals surface area contributed by atoms with Gasteiger partial charge in [0.15, 0.2) is 5.13 Å². The zero-order valence-corrected chi connectivity index (χ0v) is 22.0. The zero-order chi connectivity index (χ0) is 26.7. The number of anilines is 1. The van der Waals surface area contributed by atoms with Crippen molar-refractivity contribution in [2.24, 2.45) is 5.16 Å². The lowest BCUT2D eigenvalue weighted by Crippen LogP contribution is -2.71. The minimum Gasteiger partial charge on any atom is -0.477 e. The molecule has 4 rings (SSSR count). The van der Waals surface area contributed by atoms with Crippen molar-refractivity contribution < 1.29 is 24.3 Å². The van der Waals surface area contributed by atoms with E-state index >= 15 is 0 Å². The number of allylic oxidation sites excluding steroid dienone is 1. The predicted molar refractivity (Wildman–Crippen MR) is 136 cm³/mol. The fourth-order valence-corrected chi connectivity index (χ4v) is 6.17. The molecule has 2 aromatic heterocycles. The molecule has 2 aromatic rings. The van der Waals surface area contributed by atoms with E-state index in [1.54, 1.807) is 19.9 Å². The van der Waals surface area contributed by atoms with Crippen LogP contribution in [0.15, 0.2) is 34.2 Å². The van der Waals surface area contributed by atoms with Crippen LogP contribution in [0, 0.1) is 0 Å². The molecule has 2 aliphatic heterocycles. The molecule has 4 N–H and O–H groups in total. The Morgan fingerprint density at radius 1 is 1.46 bits per heavy atom. The molecule has 0 saturated carbocycles. The molecule has 15 nitrogen and oxygen atoms in total. The number of hydrogen-bond acceptors (Lipinski definition) is 14. The Kier molecular flexibility index (Phi) is 8.08. The van der Waals surface area contributed by atoms with Crippen LogP contribution in [0.5, 0.6) is 0 Å². The first-order valence-electron chi connectivity index (χ1n) is 10.7. The van der Waals surface area contributed by atoms with Gasteiger partial charge >= 0.3 is 5.97 Å². The molecule has 0 aliphatic carbocycles. The zero-order valence-electron chi connectivity index (χ0n) is 19.6. The van der Waals surface area contributed by atoms with Gasteiger partial charge in [-0.25, -0.2) is 9.48 Å². The van der Waals surface area contributed by atoms with Gasteiger partial charge in [-0.3, -0.25) is 14.5 Å². The number of nitrogens with two attached hydrogens (primary N) is 1. The number of β-lactam (4-membered cyclic amide) rings is 1. The number of carbonyl (C=O) groups is 3. The van der Waals surface area contributed by atoms with E-state index < -0.39 is 29.2 Å². The first kappa shape index (κ1) is 26.6. The SMILES string of the molecule is C=CCn1nnnc1SCC1=C(C(=O)O)N2C(=O)C(NC(=O)C(=NOC(C)C)c3nsc(N)n3)[C@@H]2SC1. The van der Waals surface area contributed by atoms with Gasteiger partial charge in [0, 0.05) is 23.0 Å². The highest BCUT2D eigenvalue weighted by atomic mass is 32.2. The summed E-state index contributed by atoms with van der Waals surface area (Å²) in [6.45, 7) is 7.51. The number of amides is 2. The number of carbonyl (C=O) groups excluding carboxylic acids is 2. The molecule has 2 aliphatic rings. The summed E-state index contributed by atoms with van der Waals surface area (Å²) in [5.74, 6) is -1.98. The summed E-state index contributed by atoms with van der Waals surface area (Å²) in [4.78, 5) is 48.5. The maximum absolute atomic E-state index is 13.0. The van der Waals surface area contributed by atoms with Gasteiger partial charge < -0.3 is 21.0 Å². The number of hydrogen-bond donors (Lipinski definition) is 3. The molecule has 0 radical (unpaired) electrons. The van der Waals surface area contributed by atoms with E-state index in [0.717, 1.165) is 11.5 Å². The Hall–Kier alpha value is -3.51. The van der Waals surface area contributed by atoms with E-state index in [1.807, 2.05) is 0 Å². The molecule has 37 heavy (non-hydrogen) atoms. The lowest BCUT2D eigenvalue weighted by Gasteiger charge is -2.49. The number of nitrogens with zero attached hydrogens (tertiary/aromatic N) is 8. The maximum atomic E-state index is 13.0. The van der Waals surface area contributed by atoms with Crippen LogP contribution in [0.2, 0.25) is 0 Å². The van der Waals surface area contributed by atoms with Gasteiger partial charge in [-0.1, -0.05) is 23.0 Å². The molecule has 18 heteroatoms. The fourth-order valence-electron chi connectivity index (χ4n) is 3.37. The van der Waals surface area contributed by atoms with E-state index in [1.165, 1.54) is 33.1 Å². The highest BCUT2D eigenvalue weighted by Gasteiger charge is 2.54. The minimum absolute atomic E-state index is 0.0372. The first-order chi connectivity index (χ1) is 17.7. The number of aliphatic carboxylic acids is 1. The molecule has 0 spiro atoms. The number of nitrogens with one attached hydrogen (secondary N) is 1. The monoisotopic (exact) mass is 566 g/mol. The van der Waals surface area contributed by atoms with Crippen LogP contribution in [-0.4, -0.2) is 92.1 Å². The van der Waals surface area contributed by atoms with Gasteiger partial charge in [-0.05, 0) is 29.8 Å². The number of tetrazole rings is 1. The van der Waals surface area contributed by atoms with Gasteiger partial charge in [0.1, 0.15) is 23.2 Å². The van der Waals surface area contributed by atoms with Crippen molar-refractivity contribution in [2.75, 3.05) is 17.2 Å². The van der Waals surface area contributed by atoms with Crippen molar-refractivity contribution in [1.82, 2.24) is 39.8 Å². The quantitative estimate of drug-likeness (QED) is 0.107. The molecule has 196 valence electrons. The lowest BCUT2D eigenvalue weighted by atomic mass is 10.0. The fraction of sp³-hybridized carbons (Fsp3) is 0.421. The molecule has 1 saturated heterocycles. The smallest absolute Gasteiger partial charge is 0.352 e. The standard InChI is InChI=1S/C19H22N10O5S3/c1-4-5-28-19(23-26-27-28)36-7-9-6-35-16-11(15(31)29(16)12(9)17(32)33)21-14(30)10(24-34-8(2)3)13-22-18(20)37-25-13/h4,8,11,16H,1,5-7H2,2-3H3,(H,21,30)(H,32,33)(H2,20,22,25)/t11?,16-/m0/s1. The highest BCUT2D eigenvalue weighted by molar-refractivity contribution is 8.01. The number of carboxylic acids is 1. The second-order valence-electron chi connectivity index (χ2n) is 7.89. The van der Waals surface area contributed by atoms with E-state index in [9.17, 15) is 19.5 Å². The third kappa shape index (κ3) is 5.59. The van der Waals surface area contributed by atoms with Crippen molar-refractivity contribution in [3.8, 4) is 0 Å². The van der Waals surface area contributed by atoms with Crippen LogP contribution in [0.25, 0.3) is 0 Å². The van der Waals surface area contributed by atoms with Crippen molar-refractivity contribution in [3.63, 3.8) is 0 Å². The summed E-state index contributed by atoms with van der Waals surface area (Å²) < 4.78 is 5.53. The summed E-state index contributed by atoms with van der Waals surface area (Å²) in [5.41, 5.74) is 5.82. The third-order valence-corrected chi connectivity index (χ3v) is 7.86. The summed E-state index contributed by atoms with van der Waals surface area (Å²) in [5, 5.41) is 27.8. The van der Waals surface area contributed by atoms with Crippen LogP contribution >= 0.6 is 35.1 Å². The predicted octanol–water partition coefficient (Wildman–Crippen LogP) is -0.0472. The summed E-state index contributed by atoms with van der Waals surface area (Å²) in [6, 6.07) is -0.971. The number of aromatic nitrogens is 6. The van der Waals surface area contributed by atoms with E-state index in [2.05, 4.69) is 41.9 Å². The van der Waals surface area contributed by atoms with Crippen molar-refractivity contribution in [2.45, 2.75) is 43.1 Å². The molecule has 2 atom stereocenters. The van der Waals surface area contributed by atoms with Crippen molar-refractivity contribution in [1.29, 1.82) is 0 Å². The largest absolute Gasteiger partial charge is 0.477 e. The normalized spacial score (nSPS) is 19.5. The molecular weight excluding hydrogens is 544 g/mol. The number of carboxylic acid groups (broad SMARTS) is 1. The van der Waals surface area contributed by atoms with Gasteiger partial charge in [0.25, 0.3) is 11.8 Å². The first-order valence-corrected chi connectivity index (χ1v) is 13.6. The number of nitrogen functional groups attached to an aromatic ring is 1. The van der Waals surface area contributed by atoms with E-state index in [0.29, 0.717) is 23.0 Å². The third-order valence-electron chi connectivity index (χ3n) is 4.94. The van der Waals surface area contributed by atoms with Gasteiger partial charge in [0.2, 0.25) is 16.7 Å². The van der Waals surface area contributed by atoms with Gasteiger partial charge in [0.05, 0.1) is 6.54 Å². The molecule has 4 heterocycles. The topological polar surface area (TPSA) is 204 Å². The average molecular weight is 567 g/mol. The van der Waals surface area contributed by atoms with Crippen molar-refractivity contribution >= 4 is 63.7 Å². The van der Waals surface area contributed by atoms with Crippen LogP contribution < -0.4 is 11.1 Å². The number of oxime groups is 1. The molecular formula is C19H22N10O5S3. The van der Waals surface area contributed by atoms with E-state index in [4.69, 9.17) is 10.6 Å². The summed E-state index contributed by atoms with van der Waals surface area (Å²) >= 11 is 3.48. The number of fused-ring (bicyclic) bond motifs is 1. The Labute approximate surface area is 222 Å². The Morgan fingerprint density at radius 3 is 2.89 bits per heavy atom. The molecule has 0 aromatic carbocycles. The van der Waals surface area contributed by atoms with Crippen LogP contribution in [0.4, 0.5) is 5.13 Å². The highest BCUT2D eigenvalue weighted by Crippen LogP contribution is 2.41. The second-order valence-corrected chi connectivity index (χ2v) is 10.7. The van der Waals surface area contributed by atoms with Gasteiger partial charge in [-0.15, -0.1) is 23.4 Å². The van der Waals surface area contributed by atoms with Crippen LogP contribution in [0.1, 0.15) is 19.7 Å². The average Bonchev–Trinajstić information content (AvgIpc) is 3.49. The summed E-state index contributed by atoms with van der Waals surface area (Å²) in [7, 11) is 0. The van der Waals surface area contributed by atoms with Gasteiger partial charge in [-0.2, -0.15) is 9.36 Å². The summed E-state index contributed by atoms with van der Waals surface area (Å²) in [6.07, 6.45) is 1.32. The lowest BCUT2D eigenvalue weighted by molar-refractivity contribution is -0.150. The number of thioether (sulfide) groups is 2. The van der Waals surface area contributed by atoms with E-state index in [-0.39, 0.29) is 34.2 Å². The maximum Gasteiger partial charge on any atom is 0.352 e. The molecule has 2 amide bonds. The molecule has 0 bridgehead atoms. The Bertz CT molecular complexity index is 1290. The Morgan fingerprint density at radius 2 is 2.24 bits per heavy atom. The van der Waals surface area contributed by atoms with Crippen molar-refractivity contribution in [3.05, 3.63) is 29.7 Å². The van der Waals surface area contributed by atoms with Crippen LogP contribution in [0.3, 0.4) is 0 Å². The molecule has 1 fully saturated rings. The number of rotatable bonds is 11. The second kappa shape index (κ2) is 11.3. The van der Waals surface area contributed by atoms with Crippen LogP contribution in [-0.2, 0) is 25.8 Å². The minimum atomic E-state index is -1.24.